The summed E-state index contributed by atoms with van der Waals surface area (Å²) in [6.07, 6.45) is 2.12. The number of aromatic nitrogens is 1. The van der Waals surface area contributed by atoms with E-state index >= 15 is 0 Å². The van der Waals surface area contributed by atoms with Gasteiger partial charge in [0.25, 0.3) is 0 Å². The van der Waals surface area contributed by atoms with Crippen molar-refractivity contribution >= 4 is 49.0 Å². The Labute approximate surface area is 159 Å². The molecule has 1 atom stereocenters. The van der Waals surface area contributed by atoms with Crippen LogP contribution in [0, 0.1) is 0 Å². The Morgan fingerprint density at radius 2 is 2.24 bits per heavy atom. The normalized spacial score (nSPS) is 13.0. The van der Waals surface area contributed by atoms with Crippen molar-refractivity contribution in [2.45, 2.75) is 24.3 Å². The molecule has 10 heteroatoms. The number of thiophene rings is 1. The van der Waals surface area contributed by atoms with E-state index < -0.39 is 10.0 Å². The number of carbonyl (C=O) groups excluding carboxylic acids is 1. The molecule has 2 heterocycles. The molecule has 0 spiro atoms. The number of nitrogens with two attached hydrogens (primary N) is 1. The summed E-state index contributed by atoms with van der Waals surface area (Å²) in [4.78, 5) is 17.0. The van der Waals surface area contributed by atoms with Crippen molar-refractivity contribution in [1.29, 1.82) is 0 Å². The van der Waals surface area contributed by atoms with Crippen LogP contribution in [-0.2, 0) is 14.8 Å². The van der Waals surface area contributed by atoms with Gasteiger partial charge < -0.3 is 11.1 Å². The molecule has 0 saturated carbocycles. The molecule has 2 rings (SSSR count). The number of pyridine rings is 1. The van der Waals surface area contributed by atoms with Gasteiger partial charge in [-0.1, -0.05) is 13.0 Å². The average molecular weight is 447 g/mol. The minimum absolute atomic E-state index is 0.111. The SMILES string of the molecule is CCC(NC(=O)CN(C)S(=O)(=O)c1cc(Br)cnc1N)c1cccs1. The van der Waals surface area contributed by atoms with Crippen LogP contribution in [0.2, 0.25) is 0 Å². The summed E-state index contributed by atoms with van der Waals surface area (Å²) >= 11 is 4.72. The van der Waals surface area contributed by atoms with Crippen LogP contribution < -0.4 is 11.1 Å². The van der Waals surface area contributed by atoms with Gasteiger partial charge in [-0.25, -0.2) is 13.4 Å². The third kappa shape index (κ3) is 4.78. The summed E-state index contributed by atoms with van der Waals surface area (Å²) in [5.41, 5.74) is 5.67. The van der Waals surface area contributed by atoms with Crippen LogP contribution in [0.4, 0.5) is 5.82 Å². The molecule has 1 amide bonds. The first kappa shape index (κ1) is 19.8. The Balaban J connectivity index is 2.11. The number of anilines is 1. The van der Waals surface area contributed by atoms with Crippen molar-refractivity contribution in [3.63, 3.8) is 0 Å². The van der Waals surface area contributed by atoms with E-state index in [1.54, 1.807) is 11.3 Å². The Kier molecular flexibility index (Phi) is 6.55. The molecule has 1 unspecified atom stereocenters. The van der Waals surface area contributed by atoms with Gasteiger partial charge in [0.2, 0.25) is 15.9 Å². The van der Waals surface area contributed by atoms with Crippen LogP contribution in [0.5, 0.6) is 0 Å². The Bertz CT molecular complexity index is 840. The highest BCUT2D eigenvalue weighted by Crippen LogP contribution is 2.24. The maximum atomic E-state index is 12.6. The molecule has 3 N–H and O–H groups in total. The van der Waals surface area contributed by atoms with Gasteiger partial charge in [-0.15, -0.1) is 11.3 Å². The zero-order valence-corrected chi connectivity index (χ0v) is 17.0. The van der Waals surface area contributed by atoms with Crippen LogP contribution >= 0.6 is 27.3 Å². The molecule has 0 aliphatic carbocycles. The van der Waals surface area contributed by atoms with Crippen molar-refractivity contribution in [3.8, 4) is 0 Å². The van der Waals surface area contributed by atoms with E-state index in [9.17, 15) is 13.2 Å². The fourth-order valence-corrected chi connectivity index (χ4v) is 4.76. The first-order valence-electron chi connectivity index (χ1n) is 7.45. The highest BCUT2D eigenvalue weighted by Gasteiger charge is 2.27. The van der Waals surface area contributed by atoms with Crippen LogP contribution in [0.25, 0.3) is 0 Å². The summed E-state index contributed by atoms with van der Waals surface area (Å²) in [6.45, 7) is 1.65. The number of likely N-dealkylation sites (N-methyl/N-ethyl adjacent to an activating group) is 1. The minimum atomic E-state index is -3.93. The Morgan fingerprint density at radius 3 is 2.84 bits per heavy atom. The fraction of sp³-hybridized carbons (Fsp3) is 0.333. The van der Waals surface area contributed by atoms with Crippen molar-refractivity contribution in [2.75, 3.05) is 19.3 Å². The fourth-order valence-electron chi connectivity index (χ4n) is 2.20. The molecule has 25 heavy (non-hydrogen) atoms. The lowest BCUT2D eigenvalue weighted by atomic mass is 10.2. The predicted octanol–water partition coefficient (Wildman–Crippen LogP) is 2.38. The van der Waals surface area contributed by atoms with Crippen LogP contribution in [0.15, 0.2) is 39.1 Å². The monoisotopic (exact) mass is 446 g/mol. The molecule has 0 aliphatic rings. The zero-order valence-electron chi connectivity index (χ0n) is 13.8. The smallest absolute Gasteiger partial charge is 0.246 e. The van der Waals surface area contributed by atoms with Crippen molar-refractivity contribution in [2.24, 2.45) is 0 Å². The first-order valence-corrected chi connectivity index (χ1v) is 10.6. The van der Waals surface area contributed by atoms with Crippen LogP contribution in [0.1, 0.15) is 24.3 Å². The molecule has 0 aliphatic heterocycles. The molecule has 0 bridgehead atoms. The second kappa shape index (κ2) is 8.26. The second-order valence-electron chi connectivity index (χ2n) is 5.34. The molecule has 2 aromatic heterocycles. The van der Waals surface area contributed by atoms with Crippen LogP contribution in [0.3, 0.4) is 0 Å². The maximum absolute atomic E-state index is 12.6. The van der Waals surface area contributed by atoms with E-state index in [1.807, 2.05) is 24.4 Å². The second-order valence-corrected chi connectivity index (χ2v) is 9.25. The predicted molar refractivity (Wildman–Crippen MR) is 102 cm³/mol. The van der Waals surface area contributed by atoms with Gasteiger partial charge in [0.15, 0.2) is 0 Å². The van der Waals surface area contributed by atoms with E-state index in [4.69, 9.17) is 5.73 Å². The molecule has 0 aromatic carbocycles. The summed E-state index contributed by atoms with van der Waals surface area (Å²) in [6, 6.07) is 5.08. The van der Waals surface area contributed by atoms with Gasteiger partial charge in [0, 0.05) is 22.6 Å². The zero-order chi connectivity index (χ0) is 18.6. The van der Waals surface area contributed by atoms with E-state index in [2.05, 4.69) is 26.2 Å². The molecule has 0 radical (unpaired) electrons. The number of nitrogens with zero attached hydrogens (tertiary/aromatic N) is 2. The Morgan fingerprint density at radius 1 is 1.52 bits per heavy atom. The highest BCUT2D eigenvalue weighted by atomic mass is 79.9. The lowest BCUT2D eigenvalue weighted by Crippen LogP contribution is -2.39. The maximum Gasteiger partial charge on any atom is 0.246 e. The molecular weight excluding hydrogens is 428 g/mol. The third-order valence-corrected chi connectivity index (χ3v) is 6.79. The first-order chi connectivity index (χ1) is 11.8. The number of rotatable bonds is 7. The lowest BCUT2D eigenvalue weighted by Gasteiger charge is -2.20. The number of amides is 1. The molecule has 2 aromatic rings. The Hall–Kier alpha value is -1.49. The van der Waals surface area contributed by atoms with Gasteiger partial charge >= 0.3 is 0 Å². The number of hydrogen-bond donors (Lipinski definition) is 2. The highest BCUT2D eigenvalue weighted by molar-refractivity contribution is 9.10. The number of halogens is 1. The van der Waals surface area contributed by atoms with Crippen molar-refractivity contribution < 1.29 is 13.2 Å². The minimum Gasteiger partial charge on any atom is -0.383 e. The number of hydrogen-bond acceptors (Lipinski definition) is 6. The molecule has 0 saturated heterocycles. The number of sulfonamides is 1. The quantitative estimate of drug-likeness (QED) is 0.678. The van der Waals surface area contributed by atoms with Crippen molar-refractivity contribution in [3.05, 3.63) is 39.1 Å². The van der Waals surface area contributed by atoms with Crippen molar-refractivity contribution in [1.82, 2.24) is 14.6 Å². The van der Waals surface area contributed by atoms with E-state index in [1.165, 1.54) is 19.3 Å². The number of carbonyl (C=O) groups is 1. The number of nitrogens with one attached hydrogen (secondary N) is 1. The summed E-state index contributed by atoms with van der Waals surface area (Å²) < 4.78 is 26.7. The molecule has 136 valence electrons. The molecule has 0 fully saturated rings. The van der Waals surface area contributed by atoms with E-state index in [-0.39, 0.29) is 29.2 Å². The summed E-state index contributed by atoms with van der Waals surface area (Å²) in [7, 11) is -2.59. The number of nitrogen functional groups attached to an aromatic ring is 1. The lowest BCUT2D eigenvalue weighted by molar-refractivity contribution is -0.121. The molecule has 7 nitrogen and oxygen atoms in total. The van der Waals surface area contributed by atoms with Gasteiger partial charge in [0.1, 0.15) is 10.7 Å². The molecular formula is C15H19BrN4O3S2. The van der Waals surface area contributed by atoms with Crippen LogP contribution in [-0.4, -0.2) is 37.2 Å². The van der Waals surface area contributed by atoms with Gasteiger partial charge in [0.05, 0.1) is 12.6 Å². The largest absolute Gasteiger partial charge is 0.383 e. The van der Waals surface area contributed by atoms with Gasteiger partial charge in [-0.2, -0.15) is 4.31 Å². The topological polar surface area (TPSA) is 105 Å². The van der Waals surface area contributed by atoms with E-state index in [0.29, 0.717) is 10.9 Å². The standard InChI is InChI=1S/C15H19BrN4O3S2/c1-3-11(12-5-4-6-24-12)19-14(21)9-20(2)25(22,23)13-7-10(16)8-18-15(13)17/h4-8,11H,3,9H2,1-2H3,(H2,17,18)(H,19,21). The summed E-state index contributed by atoms with van der Waals surface area (Å²) in [5, 5.41) is 4.79. The van der Waals surface area contributed by atoms with E-state index in [0.717, 1.165) is 9.18 Å². The summed E-state index contributed by atoms with van der Waals surface area (Å²) in [5.74, 6) is -0.492. The third-order valence-electron chi connectivity index (χ3n) is 3.53. The average Bonchev–Trinajstić information content (AvgIpc) is 3.08. The van der Waals surface area contributed by atoms with Gasteiger partial charge in [-0.05, 0) is 39.9 Å². The van der Waals surface area contributed by atoms with Gasteiger partial charge in [-0.3, -0.25) is 4.79 Å².